The first-order chi connectivity index (χ1) is 6.72. The number of nitrogens with zero attached hydrogens (tertiary/aromatic N) is 1. The maximum Gasteiger partial charge on any atom is 0.0991 e. The topological polar surface area (TPSA) is 59.8 Å². The molecular formula is C11H10N2O. The van der Waals surface area contributed by atoms with E-state index in [1.165, 1.54) is 0 Å². The van der Waals surface area contributed by atoms with Crippen molar-refractivity contribution in [1.29, 1.82) is 5.26 Å². The maximum atomic E-state index is 9.47. The van der Waals surface area contributed by atoms with Crippen molar-refractivity contribution in [2.75, 3.05) is 0 Å². The van der Waals surface area contributed by atoms with E-state index in [4.69, 9.17) is 5.26 Å². The molecule has 0 aliphatic carbocycles. The highest BCUT2D eigenvalue weighted by molar-refractivity contribution is 5.84. The molecule has 0 aliphatic rings. The number of hydrogen-bond donors (Lipinski definition) is 2. The number of aromatic nitrogens is 1. The third-order valence-electron chi connectivity index (χ3n) is 2.29. The molecule has 0 bridgehead atoms. The van der Waals surface area contributed by atoms with Crippen LogP contribution in [0, 0.1) is 11.3 Å². The molecule has 2 rings (SSSR count). The molecule has 1 aromatic carbocycles. The summed E-state index contributed by atoms with van der Waals surface area (Å²) in [4.78, 5) is 3.05. The second-order valence-corrected chi connectivity index (χ2v) is 3.29. The highest BCUT2D eigenvalue weighted by atomic mass is 16.3. The largest absolute Gasteiger partial charge is 0.389 e. The van der Waals surface area contributed by atoms with Gasteiger partial charge in [0.2, 0.25) is 0 Å². The zero-order valence-electron chi connectivity index (χ0n) is 7.78. The second kappa shape index (κ2) is 3.17. The molecule has 0 saturated carbocycles. The zero-order chi connectivity index (χ0) is 10.1. The monoisotopic (exact) mass is 186 g/mol. The molecule has 1 heterocycles. The molecule has 2 N–H and O–H groups in total. The number of nitrogens with one attached hydrogen (secondary N) is 1. The van der Waals surface area contributed by atoms with Crippen LogP contribution in [-0.2, 0) is 0 Å². The summed E-state index contributed by atoms with van der Waals surface area (Å²) < 4.78 is 0. The van der Waals surface area contributed by atoms with Crippen molar-refractivity contribution in [2.24, 2.45) is 0 Å². The number of H-pyrrole nitrogens is 1. The van der Waals surface area contributed by atoms with Crippen LogP contribution in [-0.4, -0.2) is 10.1 Å². The van der Waals surface area contributed by atoms with E-state index in [0.29, 0.717) is 5.56 Å². The number of hydrogen-bond acceptors (Lipinski definition) is 2. The Bertz CT molecular complexity index is 505. The van der Waals surface area contributed by atoms with Crippen LogP contribution in [0.3, 0.4) is 0 Å². The molecule has 70 valence electrons. The van der Waals surface area contributed by atoms with E-state index in [2.05, 4.69) is 11.1 Å². The summed E-state index contributed by atoms with van der Waals surface area (Å²) in [6, 6.07) is 7.47. The number of aliphatic hydroxyl groups excluding tert-OH is 1. The normalized spacial score (nSPS) is 12.6. The van der Waals surface area contributed by atoms with Gasteiger partial charge in [0.1, 0.15) is 0 Å². The molecule has 14 heavy (non-hydrogen) atoms. The van der Waals surface area contributed by atoms with Gasteiger partial charge in [0.25, 0.3) is 0 Å². The van der Waals surface area contributed by atoms with Gasteiger partial charge < -0.3 is 10.1 Å². The Kier molecular flexibility index (Phi) is 1.99. The Morgan fingerprint density at radius 2 is 2.29 bits per heavy atom. The molecule has 0 saturated heterocycles. The SMILES string of the molecule is C[C@H](O)c1c[nH]c2ccc(C#N)cc12. The van der Waals surface area contributed by atoms with Gasteiger partial charge in [-0.15, -0.1) is 0 Å². The smallest absolute Gasteiger partial charge is 0.0991 e. The summed E-state index contributed by atoms with van der Waals surface area (Å²) in [6.07, 6.45) is 1.26. The lowest BCUT2D eigenvalue weighted by atomic mass is 10.1. The quantitative estimate of drug-likeness (QED) is 0.716. The Hall–Kier alpha value is -1.79. The van der Waals surface area contributed by atoms with E-state index in [-0.39, 0.29) is 0 Å². The van der Waals surface area contributed by atoms with E-state index in [1.807, 2.05) is 6.07 Å². The summed E-state index contributed by atoms with van der Waals surface area (Å²) >= 11 is 0. The molecule has 1 atom stereocenters. The molecule has 0 amide bonds. The van der Waals surface area contributed by atoms with Crippen molar-refractivity contribution in [3.05, 3.63) is 35.5 Å². The highest BCUT2D eigenvalue weighted by Crippen LogP contribution is 2.24. The molecule has 0 aliphatic heterocycles. The molecule has 3 heteroatoms. The van der Waals surface area contributed by atoms with Crippen molar-refractivity contribution in [2.45, 2.75) is 13.0 Å². The fraction of sp³-hybridized carbons (Fsp3) is 0.182. The molecule has 0 radical (unpaired) electrons. The second-order valence-electron chi connectivity index (χ2n) is 3.29. The Balaban J connectivity index is 2.71. The van der Waals surface area contributed by atoms with Crippen LogP contribution in [0.5, 0.6) is 0 Å². The summed E-state index contributed by atoms with van der Waals surface area (Å²) in [5.41, 5.74) is 2.39. The summed E-state index contributed by atoms with van der Waals surface area (Å²) in [7, 11) is 0. The van der Waals surface area contributed by atoms with Crippen LogP contribution in [0.25, 0.3) is 10.9 Å². The number of nitriles is 1. The van der Waals surface area contributed by atoms with Crippen molar-refractivity contribution < 1.29 is 5.11 Å². The van der Waals surface area contributed by atoms with Gasteiger partial charge in [0.05, 0.1) is 17.7 Å². The molecule has 3 nitrogen and oxygen atoms in total. The first kappa shape index (κ1) is 8.79. The zero-order valence-corrected chi connectivity index (χ0v) is 7.78. The first-order valence-corrected chi connectivity index (χ1v) is 4.41. The minimum absolute atomic E-state index is 0.516. The van der Waals surface area contributed by atoms with Crippen LogP contribution < -0.4 is 0 Å². The number of aromatic amines is 1. The molecule has 0 spiro atoms. The van der Waals surface area contributed by atoms with Crippen LogP contribution in [0.1, 0.15) is 24.2 Å². The van der Waals surface area contributed by atoms with Crippen LogP contribution in [0.4, 0.5) is 0 Å². The van der Waals surface area contributed by atoms with Crippen LogP contribution in [0.15, 0.2) is 24.4 Å². The molecular weight excluding hydrogens is 176 g/mol. The van der Waals surface area contributed by atoms with Crippen molar-refractivity contribution >= 4 is 10.9 Å². The number of rotatable bonds is 1. The average Bonchev–Trinajstić information content (AvgIpc) is 2.59. The molecule has 0 fully saturated rings. The van der Waals surface area contributed by atoms with Gasteiger partial charge in [-0.1, -0.05) is 0 Å². The number of benzene rings is 1. The maximum absolute atomic E-state index is 9.47. The number of fused-ring (bicyclic) bond motifs is 1. The van der Waals surface area contributed by atoms with Gasteiger partial charge in [0.15, 0.2) is 0 Å². The minimum atomic E-state index is -0.516. The minimum Gasteiger partial charge on any atom is -0.389 e. The summed E-state index contributed by atoms with van der Waals surface area (Å²) in [5.74, 6) is 0. The average molecular weight is 186 g/mol. The summed E-state index contributed by atoms with van der Waals surface area (Å²) in [6.45, 7) is 1.71. The van der Waals surface area contributed by atoms with E-state index >= 15 is 0 Å². The van der Waals surface area contributed by atoms with Gasteiger partial charge in [-0.25, -0.2) is 0 Å². The standard InChI is InChI=1S/C11H10N2O/c1-7(14)10-6-13-11-3-2-8(5-12)4-9(10)11/h2-4,6-7,13-14H,1H3/t7-/m0/s1. The van der Waals surface area contributed by atoms with Gasteiger partial charge >= 0.3 is 0 Å². The van der Waals surface area contributed by atoms with E-state index < -0.39 is 6.10 Å². The van der Waals surface area contributed by atoms with Crippen molar-refractivity contribution in [3.63, 3.8) is 0 Å². The van der Waals surface area contributed by atoms with Crippen molar-refractivity contribution in [3.8, 4) is 6.07 Å². The fourth-order valence-corrected chi connectivity index (χ4v) is 1.56. The highest BCUT2D eigenvalue weighted by Gasteiger charge is 2.08. The Morgan fingerprint density at radius 3 is 2.93 bits per heavy atom. The van der Waals surface area contributed by atoms with E-state index in [0.717, 1.165) is 16.5 Å². The molecule has 0 unspecified atom stereocenters. The third kappa shape index (κ3) is 1.26. The van der Waals surface area contributed by atoms with E-state index in [9.17, 15) is 5.11 Å². The van der Waals surface area contributed by atoms with Crippen molar-refractivity contribution in [1.82, 2.24) is 4.98 Å². The van der Waals surface area contributed by atoms with Crippen LogP contribution in [0.2, 0.25) is 0 Å². The number of aliphatic hydroxyl groups is 1. The third-order valence-corrected chi connectivity index (χ3v) is 2.29. The van der Waals surface area contributed by atoms with Crippen LogP contribution >= 0.6 is 0 Å². The summed E-state index contributed by atoms with van der Waals surface area (Å²) in [5, 5.41) is 19.1. The van der Waals surface area contributed by atoms with Gasteiger partial charge in [0, 0.05) is 22.7 Å². The molecule has 1 aromatic heterocycles. The lowest BCUT2D eigenvalue weighted by Crippen LogP contribution is -1.88. The first-order valence-electron chi connectivity index (χ1n) is 4.41. The lowest BCUT2D eigenvalue weighted by molar-refractivity contribution is 0.201. The van der Waals surface area contributed by atoms with Gasteiger partial charge in [-0.05, 0) is 25.1 Å². The predicted octanol–water partition coefficient (Wildman–Crippen LogP) is 2.09. The Morgan fingerprint density at radius 1 is 1.50 bits per heavy atom. The van der Waals surface area contributed by atoms with Gasteiger partial charge in [-0.2, -0.15) is 5.26 Å². The molecule has 2 aromatic rings. The Labute approximate surface area is 81.6 Å². The predicted molar refractivity (Wildman–Crippen MR) is 53.6 cm³/mol. The van der Waals surface area contributed by atoms with E-state index in [1.54, 1.807) is 25.3 Å². The van der Waals surface area contributed by atoms with Gasteiger partial charge in [-0.3, -0.25) is 0 Å². The lowest BCUT2D eigenvalue weighted by Gasteiger charge is -2.01. The fourth-order valence-electron chi connectivity index (χ4n) is 1.56.